The van der Waals surface area contributed by atoms with E-state index in [1.807, 2.05) is 36.9 Å². The van der Waals surface area contributed by atoms with Crippen LogP contribution in [0.3, 0.4) is 0 Å². The summed E-state index contributed by atoms with van der Waals surface area (Å²) in [6.07, 6.45) is 6.83. The van der Waals surface area contributed by atoms with E-state index in [0.29, 0.717) is 51.4 Å². The Balaban J connectivity index is 1.21. The summed E-state index contributed by atoms with van der Waals surface area (Å²) in [5, 5.41) is 9.68. The zero-order chi connectivity index (χ0) is 30.8. The summed E-state index contributed by atoms with van der Waals surface area (Å²) in [6.45, 7) is 10.8. The molecule has 2 aliphatic heterocycles. The first-order valence-electron chi connectivity index (χ1n) is 14.4. The lowest BCUT2D eigenvalue weighted by atomic mass is 9.83. The van der Waals surface area contributed by atoms with Crippen LogP contribution in [0.5, 0.6) is 0 Å². The molecule has 1 N–H and O–H groups in total. The fourth-order valence-electron chi connectivity index (χ4n) is 5.74. The van der Waals surface area contributed by atoms with Crippen LogP contribution in [0.4, 0.5) is 19.0 Å². The van der Waals surface area contributed by atoms with Gasteiger partial charge in [-0.15, -0.1) is 0 Å². The zero-order valence-electron chi connectivity index (χ0n) is 24.3. The molecule has 0 bridgehead atoms. The van der Waals surface area contributed by atoms with Crippen molar-refractivity contribution in [2.75, 3.05) is 26.2 Å². The minimum atomic E-state index is -4.71. The van der Waals surface area contributed by atoms with Crippen LogP contribution >= 0.6 is 0 Å². The van der Waals surface area contributed by atoms with Crippen LogP contribution in [0.15, 0.2) is 54.6 Å². The zero-order valence-corrected chi connectivity index (χ0v) is 24.3. The van der Waals surface area contributed by atoms with Crippen molar-refractivity contribution in [2.45, 2.75) is 57.3 Å². The number of rotatable bonds is 9. The van der Waals surface area contributed by atoms with Crippen molar-refractivity contribution in [3.05, 3.63) is 72.2 Å². The molecule has 0 aliphatic carbocycles. The molecule has 0 radical (unpaired) electrons. The van der Waals surface area contributed by atoms with E-state index >= 15 is 0 Å². The van der Waals surface area contributed by atoms with Crippen molar-refractivity contribution in [3.8, 4) is 6.07 Å². The van der Waals surface area contributed by atoms with E-state index in [9.17, 15) is 23.2 Å². The van der Waals surface area contributed by atoms with Gasteiger partial charge in [-0.2, -0.15) is 18.4 Å². The maximum Gasteiger partial charge on any atom is 0.451 e. The lowest BCUT2D eigenvalue weighted by Crippen LogP contribution is -2.66. The van der Waals surface area contributed by atoms with Gasteiger partial charge in [-0.25, -0.2) is 15.0 Å². The Bertz CT molecular complexity index is 1530. The number of piperidine rings is 1. The number of H-pyrrole nitrogens is 1. The van der Waals surface area contributed by atoms with E-state index in [0.717, 1.165) is 35.1 Å². The highest BCUT2D eigenvalue weighted by molar-refractivity contribution is 5.92. The van der Waals surface area contributed by atoms with Crippen molar-refractivity contribution < 1.29 is 18.0 Å². The SMILES string of the molecule is C=C(c1ccn(C2(CC#N)CN(C3CCN(C(=O)c4ccnc(C(F)(F)F)n4)CC3)C2)c1)c1cc[nH]c1N=CC(C)CC. The number of aliphatic imine (C=N–C) groups is 1. The molecule has 9 nitrogen and oxygen atoms in total. The lowest BCUT2D eigenvalue weighted by molar-refractivity contribution is -0.145. The third-order valence-electron chi connectivity index (χ3n) is 8.54. The predicted octanol–water partition coefficient (Wildman–Crippen LogP) is 5.66. The van der Waals surface area contributed by atoms with Crippen LogP contribution < -0.4 is 0 Å². The number of amides is 1. The third kappa shape index (κ3) is 6.27. The number of nitrogens with zero attached hydrogens (tertiary/aromatic N) is 7. The van der Waals surface area contributed by atoms with E-state index in [1.54, 1.807) is 4.90 Å². The summed E-state index contributed by atoms with van der Waals surface area (Å²) in [5.41, 5.74) is 2.12. The minimum absolute atomic E-state index is 0.211. The Kier molecular flexibility index (Phi) is 8.55. The molecule has 1 atom stereocenters. The van der Waals surface area contributed by atoms with E-state index in [4.69, 9.17) is 0 Å². The van der Waals surface area contributed by atoms with Gasteiger partial charge >= 0.3 is 6.18 Å². The number of nitrogens with one attached hydrogen (secondary N) is 1. The van der Waals surface area contributed by atoms with Gasteiger partial charge in [0, 0.05) is 68.8 Å². The summed E-state index contributed by atoms with van der Waals surface area (Å²) in [5.74, 6) is -0.700. The van der Waals surface area contributed by atoms with Crippen molar-refractivity contribution in [1.29, 1.82) is 5.26 Å². The Labute approximate surface area is 248 Å². The fraction of sp³-hybridized carbons (Fsp3) is 0.452. The molecule has 5 rings (SSSR count). The van der Waals surface area contributed by atoms with Crippen molar-refractivity contribution in [3.63, 3.8) is 0 Å². The van der Waals surface area contributed by atoms with Crippen molar-refractivity contribution >= 4 is 23.5 Å². The Morgan fingerprint density at radius 2 is 2.05 bits per heavy atom. The molecular formula is C31H35F3N8O. The number of carbonyl (C=O) groups is 1. The van der Waals surface area contributed by atoms with Gasteiger partial charge in [-0.05, 0) is 54.5 Å². The number of aromatic amines is 1. The second-order valence-electron chi connectivity index (χ2n) is 11.4. The maximum atomic E-state index is 13.0. The maximum absolute atomic E-state index is 13.0. The number of likely N-dealkylation sites (tertiary alicyclic amines) is 2. The smallest absolute Gasteiger partial charge is 0.346 e. The molecule has 5 heterocycles. The molecule has 226 valence electrons. The molecular weight excluding hydrogens is 557 g/mol. The van der Waals surface area contributed by atoms with Gasteiger partial charge in [0.05, 0.1) is 18.0 Å². The molecule has 1 amide bonds. The summed E-state index contributed by atoms with van der Waals surface area (Å²) in [6, 6.07) is 7.77. The van der Waals surface area contributed by atoms with Gasteiger partial charge in [-0.1, -0.05) is 20.4 Å². The number of alkyl halides is 3. The Morgan fingerprint density at radius 1 is 1.30 bits per heavy atom. The van der Waals surface area contributed by atoms with Crippen LogP contribution in [0.25, 0.3) is 5.57 Å². The summed E-state index contributed by atoms with van der Waals surface area (Å²) in [4.78, 5) is 31.2. The molecule has 0 saturated carbocycles. The summed E-state index contributed by atoms with van der Waals surface area (Å²) in [7, 11) is 0. The molecule has 43 heavy (non-hydrogen) atoms. The normalized spacial score (nSPS) is 18.4. The highest BCUT2D eigenvalue weighted by atomic mass is 19.4. The van der Waals surface area contributed by atoms with Crippen molar-refractivity contribution in [1.82, 2.24) is 29.3 Å². The second-order valence-corrected chi connectivity index (χ2v) is 11.4. The lowest BCUT2D eigenvalue weighted by Gasteiger charge is -2.54. The number of carbonyl (C=O) groups excluding carboxylic acids is 1. The number of halogens is 3. The number of aromatic nitrogens is 4. The Hall–Kier alpha value is -4.24. The van der Waals surface area contributed by atoms with E-state index in [2.05, 4.69) is 55.9 Å². The molecule has 0 aromatic carbocycles. The van der Waals surface area contributed by atoms with Crippen LogP contribution in [0.1, 0.15) is 67.0 Å². The fourth-order valence-corrected chi connectivity index (χ4v) is 5.74. The topological polar surface area (TPSA) is 106 Å². The molecule has 1 unspecified atom stereocenters. The summed E-state index contributed by atoms with van der Waals surface area (Å²) < 4.78 is 41.1. The van der Waals surface area contributed by atoms with Gasteiger partial charge in [0.15, 0.2) is 0 Å². The average Bonchev–Trinajstić information content (AvgIpc) is 3.67. The number of hydrogen-bond acceptors (Lipinski definition) is 6. The van der Waals surface area contributed by atoms with Crippen LogP contribution in [-0.2, 0) is 11.7 Å². The first-order chi connectivity index (χ1) is 20.5. The first kappa shape index (κ1) is 30.2. The molecule has 0 spiro atoms. The minimum Gasteiger partial charge on any atom is -0.346 e. The largest absolute Gasteiger partial charge is 0.451 e. The number of nitriles is 1. The monoisotopic (exact) mass is 592 g/mol. The van der Waals surface area contributed by atoms with Gasteiger partial charge < -0.3 is 14.5 Å². The van der Waals surface area contributed by atoms with Crippen molar-refractivity contribution in [2.24, 2.45) is 10.9 Å². The van der Waals surface area contributed by atoms with Gasteiger partial charge in [0.2, 0.25) is 5.82 Å². The van der Waals surface area contributed by atoms with Gasteiger partial charge in [0.1, 0.15) is 11.5 Å². The quantitative estimate of drug-likeness (QED) is 0.323. The van der Waals surface area contributed by atoms with Crippen LogP contribution in [0, 0.1) is 17.2 Å². The standard InChI is InChI=1S/C31H35F3N8O/c1-4-21(2)17-38-27-25(5-12-36-27)22(3)23-7-16-42(18-23)30(10-11-35)19-41(20-30)24-8-14-40(15-9-24)28(43)26-6-13-37-29(39-26)31(32,33)34/h5-7,12-13,16-18,21,24,36H,3-4,8-10,14-15,19-20H2,1-2H3. The Morgan fingerprint density at radius 3 is 2.72 bits per heavy atom. The third-order valence-corrected chi connectivity index (χ3v) is 8.54. The van der Waals surface area contributed by atoms with Gasteiger partial charge in [-0.3, -0.25) is 9.69 Å². The second kappa shape index (κ2) is 12.2. The van der Waals surface area contributed by atoms with Gasteiger partial charge in [0.25, 0.3) is 5.91 Å². The van der Waals surface area contributed by atoms with E-state index < -0.39 is 17.9 Å². The molecule has 3 aromatic rings. The molecule has 2 fully saturated rings. The predicted molar refractivity (Wildman–Crippen MR) is 157 cm³/mol. The highest BCUT2D eigenvalue weighted by Gasteiger charge is 2.47. The first-order valence-corrected chi connectivity index (χ1v) is 14.4. The molecule has 3 aromatic heterocycles. The molecule has 12 heteroatoms. The number of hydrogen-bond donors (Lipinski definition) is 1. The van der Waals surface area contributed by atoms with Crippen LogP contribution in [0.2, 0.25) is 0 Å². The van der Waals surface area contributed by atoms with E-state index in [1.165, 1.54) is 6.07 Å². The van der Waals surface area contributed by atoms with E-state index in [-0.39, 0.29) is 17.3 Å². The highest BCUT2D eigenvalue weighted by Crippen LogP contribution is 2.38. The molecule has 2 aliphatic rings. The van der Waals surface area contributed by atoms with Crippen LogP contribution in [-0.4, -0.2) is 73.7 Å². The molecule has 2 saturated heterocycles. The summed E-state index contributed by atoms with van der Waals surface area (Å²) >= 11 is 0. The average molecular weight is 593 g/mol.